The molecule has 1 saturated heterocycles. The predicted molar refractivity (Wildman–Crippen MR) is 138 cm³/mol. The first-order chi connectivity index (χ1) is 17.6. The van der Waals surface area contributed by atoms with Crippen LogP contribution in [0, 0.1) is 17.8 Å². The van der Waals surface area contributed by atoms with Crippen molar-refractivity contribution >= 4 is 5.91 Å². The molecule has 36 heavy (non-hydrogen) atoms. The van der Waals surface area contributed by atoms with E-state index in [1.54, 1.807) is 14.2 Å². The Labute approximate surface area is 214 Å². The molecule has 7 nitrogen and oxygen atoms in total. The van der Waals surface area contributed by atoms with Crippen LogP contribution in [0.5, 0.6) is 11.5 Å². The van der Waals surface area contributed by atoms with Crippen LogP contribution in [0.4, 0.5) is 0 Å². The summed E-state index contributed by atoms with van der Waals surface area (Å²) in [6.45, 7) is 3.30. The highest BCUT2D eigenvalue weighted by molar-refractivity contribution is 5.77. The van der Waals surface area contributed by atoms with E-state index >= 15 is 0 Å². The van der Waals surface area contributed by atoms with Crippen LogP contribution in [0.15, 0.2) is 22.7 Å². The number of fused-ring (bicyclic) bond motifs is 1. The number of carbonyl (C=O) groups is 1. The number of methoxy groups -OCH3 is 2. The van der Waals surface area contributed by atoms with E-state index in [1.807, 2.05) is 11.0 Å². The molecule has 0 bridgehead atoms. The number of ether oxygens (including phenoxy) is 2. The summed E-state index contributed by atoms with van der Waals surface area (Å²) in [5, 5.41) is 7.95. The van der Waals surface area contributed by atoms with Crippen molar-refractivity contribution in [1.82, 2.24) is 15.4 Å². The van der Waals surface area contributed by atoms with Crippen molar-refractivity contribution in [2.24, 2.45) is 17.8 Å². The molecule has 0 unspecified atom stereocenters. The molecule has 1 aromatic carbocycles. The molecule has 0 radical (unpaired) electrons. The number of carbonyl (C=O) groups excluding carboxylic acids is 1. The number of hydrogen-bond donors (Lipinski definition) is 1. The zero-order valence-electron chi connectivity index (χ0n) is 21.9. The Morgan fingerprint density at radius 3 is 2.58 bits per heavy atom. The van der Waals surface area contributed by atoms with Crippen molar-refractivity contribution in [2.75, 3.05) is 33.9 Å². The molecule has 1 aliphatic carbocycles. The Balaban J connectivity index is 1.18. The van der Waals surface area contributed by atoms with Gasteiger partial charge in [0.2, 0.25) is 5.91 Å². The van der Waals surface area contributed by atoms with Gasteiger partial charge in [-0.25, -0.2) is 0 Å². The second kappa shape index (κ2) is 11.7. The van der Waals surface area contributed by atoms with Gasteiger partial charge in [-0.3, -0.25) is 4.79 Å². The van der Waals surface area contributed by atoms with Gasteiger partial charge in [0, 0.05) is 32.0 Å². The smallest absolute Gasteiger partial charge is 0.223 e. The monoisotopic (exact) mass is 495 g/mol. The molecule has 1 amide bonds. The van der Waals surface area contributed by atoms with Gasteiger partial charge in [0.05, 0.1) is 19.9 Å². The van der Waals surface area contributed by atoms with Gasteiger partial charge in [0.25, 0.3) is 0 Å². The summed E-state index contributed by atoms with van der Waals surface area (Å²) in [6, 6.07) is 6.25. The van der Waals surface area contributed by atoms with Gasteiger partial charge in [-0.15, -0.1) is 0 Å². The van der Waals surface area contributed by atoms with Crippen molar-refractivity contribution in [1.29, 1.82) is 0 Å². The second-order valence-electron chi connectivity index (χ2n) is 11.0. The summed E-state index contributed by atoms with van der Waals surface area (Å²) in [6.07, 6.45) is 11.1. The molecule has 5 rings (SSSR count). The molecule has 2 fully saturated rings. The van der Waals surface area contributed by atoms with Crippen LogP contribution >= 0.6 is 0 Å². The minimum Gasteiger partial charge on any atom is -0.493 e. The van der Waals surface area contributed by atoms with Crippen molar-refractivity contribution in [3.63, 3.8) is 0 Å². The number of hydrogen-bond acceptors (Lipinski definition) is 6. The standard InChI is InChI=1S/C29H41N3O4/c1-34-27-14-22-9-11-32(19-24(22)15-28(27)35-2)29(33)16-21-8-10-30-18-23(21)13-25-17-26(36-31-25)12-20-6-4-3-5-7-20/h14-15,17,20-21,23,30H,3-13,16,18-19H2,1-2H3/t21-,23-/m0/s1. The number of benzene rings is 1. The quantitative estimate of drug-likeness (QED) is 0.579. The van der Waals surface area contributed by atoms with Gasteiger partial charge in [-0.2, -0.15) is 0 Å². The molecule has 2 aliphatic heterocycles. The Hall–Kier alpha value is -2.54. The summed E-state index contributed by atoms with van der Waals surface area (Å²) < 4.78 is 16.7. The fourth-order valence-electron chi connectivity index (χ4n) is 6.43. The number of nitrogens with zero attached hydrogens (tertiary/aromatic N) is 2. The first kappa shape index (κ1) is 25.1. The molecule has 1 aromatic heterocycles. The van der Waals surface area contributed by atoms with E-state index in [1.165, 1.54) is 37.7 Å². The number of piperidine rings is 1. The molecule has 0 spiro atoms. The molecule has 1 N–H and O–H groups in total. The molecular weight excluding hydrogens is 454 g/mol. The lowest BCUT2D eigenvalue weighted by Crippen LogP contribution is -2.42. The highest BCUT2D eigenvalue weighted by atomic mass is 16.5. The van der Waals surface area contributed by atoms with Crippen LogP contribution in [0.1, 0.15) is 67.5 Å². The third-order valence-electron chi connectivity index (χ3n) is 8.57. The van der Waals surface area contributed by atoms with E-state index in [9.17, 15) is 4.79 Å². The number of rotatable bonds is 8. The maximum atomic E-state index is 13.4. The number of nitrogens with one attached hydrogen (secondary N) is 1. The first-order valence-electron chi connectivity index (χ1n) is 13.8. The van der Waals surface area contributed by atoms with E-state index in [0.29, 0.717) is 24.8 Å². The van der Waals surface area contributed by atoms with Gasteiger partial charge in [0.15, 0.2) is 11.5 Å². The zero-order chi connectivity index (χ0) is 24.9. The minimum absolute atomic E-state index is 0.255. The fourth-order valence-corrected chi connectivity index (χ4v) is 6.43. The Kier molecular flexibility index (Phi) is 8.15. The second-order valence-corrected chi connectivity index (χ2v) is 11.0. The van der Waals surface area contributed by atoms with E-state index in [2.05, 4.69) is 22.6 Å². The SMILES string of the molecule is COc1cc2c(cc1OC)CN(C(=O)C[C@@H]1CCNC[C@@H]1Cc1cc(CC3CCCCC3)on1)CC2. The number of amides is 1. The van der Waals surface area contributed by atoms with Crippen LogP contribution in [0.2, 0.25) is 0 Å². The molecule has 1 saturated carbocycles. The largest absolute Gasteiger partial charge is 0.493 e. The first-order valence-corrected chi connectivity index (χ1v) is 13.8. The minimum atomic E-state index is 0.255. The molecule has 3 heterocycles. The molecule has 7 heteroatoms. The van der Waals surface area contributed by atoms with Gasteiger partial charge in [0.1, 0.15) is 5.76 Å². The average molecular weight is 496 g/mol. The molecular formula is C29H41N3O4. The van der Waals surface area contributed by atoms with Crippen LogP contribution in [0.3, 0.4) is 0 Å². The average Bonchev–Trinajstić information content (AvgIpc) is 3.35. The van der Waals surface area contributed by atoms with Crippen molar-refractivity contribution < 1.29 is 18.8 Å². The topological polar surface area (TPSA) is 76.8 Å². The van der Waals surface area contributed by atoms with Gasteiger partial charge in [-0.1, -0.05) is 37.3 Å². The Morgan fingerprint density at radius 2 is 1.81 bits per heavy atom. The highest BCUT2D eigenvalue weighted by Crippen LogP contribution is 2.34. The molecule has 3 aliphatic rings. The van der Waals surface area contributed by atoms with Gasteiger partial charge >= 0.3 is 0 Å². The maximum absolute atomic E-state index is 13.4. The van der Waals surface area contributed by atoms with E-state index < -0.39 is 0 Å². The number of aromatic nitrogens is 1. The van der Waals surface area contributed by atoms with Crippen LogP contribution in [-0.4, -0.2) is 49.8 Å². The summed E-state index contributed by atoms with van der Waals surface area (Å²) in [4.78, 5) is 15.4. The third kappa shape index (κ3) is 5.88. The lowest BCUT2D eigenvalue weighted by Gasteiger charge is -2.35. The molecule has 196 valence electrons. The summed E-state index contributed by atoms with van der Waals surface area (Å²) in [5.41, 5.74) is 3.44. The highest BCUT2D eigenvalue weighted by Gasteiger charge is 2.31. The van der Waals surface area contributed by atoms with Crippen LogP contribution in [0.25, 0.3) is 0 Å². The van der Waals surface area contributed by atoms with Crippen molar-refractivity contribution in [3.05, 3.63) is 40.8 Å². The zero-order valence-corrected chi connectivity index (χ0v) is 21.9. The summed E-state index contributed by atoms with van der Waals surface area (Å²) in [7, 11) is 3.32. The normalized spacial score (nSPS) is 22.8. The summed E-state index contributed by atoms with van der Waals surface area (Å²) >= 11 is 0. The van der Waals surface area contributed by atoms with Gasteiger partial charge in [-0.05, 0) is 73.4 Å². The van der Waals surface area contributed by atoms with E-state index in [4.69, 9.17) is 14.0 Å². The molecule has 2 aromatic rings. The Bertz CT molecular complexity index is 1030. The predicted octanol–water partition coefficient (Wildman–Crippen LogP) is 4.56. The maximum Gasteiger partial charge on any atom is 0.223 e. The van der Waals surface area contributed by atoms with E-state index in [0.717, 1.165) is 79.8 Å². The van der Waals surface area contributed by atoms with Crippen molar-refractivity contribution in [3.8, 4) is 11.5 Å². The van der Waals surface area contributed by atoms with Gasteiger partial charge < -0.3 is 24.2 Å². The lowest BCUT2D eigenvalue weighted by atomic mass is 9.80. The van der Waals surface area contributed by atoms with E-state index in [-0.39, 0.29) is 5.91 Å². The summed E-state index contributed by atoms with van der Waals surface area (Å²) in [5.74, 6) is 4.28. The lowest BCUT2D eigenvalue weighted by molar-refractivity contribution is -0.133. The van der Waals surface area contributed by atoms with Crippen molar-refractivity contribution in [2.45, 2.75) is 70.8 Å². The van der Waals surface area contributed by atoms with Crippen LogP contribution < -0.4 is 14.8 Å². The third-order valence-corrected chi connectivity index (χ3v) is 8.57. The van der Waals surface area contributed by atoms with Crippen LogP contribution in [-0.2, 0) is 30.6 Å². The Morgan fingerprint density at radius 1 is 1.03 bits per heavy atom. The molecule has 2 atom stereocenters. The fraction of sp³-hybridized carbons (Fsp3) is 0.655.